The molecule has 0 spiro atoms. The van der Waals surface area contributed by atoms with E-state index in [0.29, 0.717) is 10.2 Å². The molecule has 2 amide bonds. The maximum atomic E-state index is 14.0. The van der Waals surface area contributed by atoms with Gasteiger partial charge in [-0.3, -0.25) is 13.9 Å². The van der Waals surface area contributed by atoms with Crippen molar-refractivity contribution in [3.05, 3.63) is 100 Å². The third-order valence-corrected chi connectivity index (χ3v) is 7.71. The molecule has 0 fully saturated rings. The summed E-state index contributed by atoms with van der Waals surface area (Å²) in [7, 11) is -3.80. The van der Waals surface area contributed by atoms with Crippen LogP contribution in [0.25, 0.3) is 0 Å². The lowest BCUT2D eigenvalue weighted by molar-refractivity contribution is -0.140. The average Bonchev–Trinajstić information content (AvgIpc) is 2.85. The summed E-state index contributed by atoms with van der Waals surface area (Å²) in [6, 6.07) is 22.9. The first kappa shape index (κ1) is 29.4. The molecule has 0 saturated carbocycles. The van der Waals surface area contributed by atoms with E-state index in [1.54, 1.807) is 24.3 Å². The number of nitrogens with one attached hydrogen (secondary N) is 1. The van der Waals surface area contributed by atoms with Crippen molar-refractivity contribution in [1.82, 2.24) is 10.2 Å². The van der Waals surface area contributed by atoms with Crippen LogP contribution in [0.4, 0.5) is 5.69 Å². The topological polar surface area (TPSA) is 86.8 Å². The third kappa shape index (κ3) is 8.16. The molecule has 3 rings (SSSR count). The number of rotatable bonds is 11. The summed E-state index contributed by atoms with van der Waals surface area (Å²) >= 11 is 3.38. The van der Waals surface area contributed by atoms with Crippen molar-refractivity contribution in [2.45, 2.75) is 45.8 Å². The van der Waals surface area contributed by atoms with Crippen molar-refractivity contribution in [2.24, 2.45) is 0 Å². The van der Waals surface area contributed by atoms with E-state index < -0.39 is 28.5 Å². The van der Waals surface area contributed by atoms with Gasteiger partial charge in [-0.15, -0.1) is 0 Å². The molecule has 3 aromatic rings. The Morgan fingerprint density at radius 2 is 1.61 bits per heavy atom. The summed E-state index contributed by atoms with van der Waals surface area (Å²) in [4.78, 5) is 29.1. The van der Waals surface area contributed by atoms with Gasteiger partial charge in [0.25, 0.3) is 0 Å². The summed E-state index contributed by atoms with van der Waals surface area (Å²) < 4.78 is 27.4. The number of nitrogens with zero attached hydrogens (tertiary/aromatic N) is 2. The Balaban J connectivity index is 2.07. The number of carbonyl (C=O) groups excluding carboxylic acids is 2. The Morgan fingerprint density at radius 3 is 2.21 bits per heavy atom. The van der Waals surface area contributed by atoms with Crippen molar-refractivity contribution < 1.29 is 18.0 Å². The molecule has 0 saturated heterocycles. The van der Waals surface area contributed by atoms with Gasteiger partial charge in [0.05, 0.1) is 11.9 Å². The fourth-order valence-electron chi connectivity index (χ4n) is 4.15. The number of halogens is 1. The Morgan fingerprint density at radius 1 is 0.947 bits per heavy atom. The van der Waals surface area contributed by atoms with Crippen LogP contribution in [0, 0.1) is 6.92 Å². The molecule has 0 aromatic heterocycles. The zero-order valence-electron chi connectivity index (χ0n) is 22.1. The highest BCUT2D eigenvalue weighted by molar-refractivity contribution is 9.10. The van der Waals surface area contributed by atoms with Crippen molar-refractivity contribution in [3.63, 3.8) is 0 Å². The normalized spacial score (nSPS) is 12.2. The predicted molar refractivity (Wildman–Crippen MR) is 155 cm³/mol. The van der Waals surface area contributed by atoms with Gasteiger partial charge in [0, 0.05) is 23.5 Å². The highest BCUT2D eigenvalue weighted by Gasteiger charge is 2.33. The van der Waals surface area contributed by atoms with E-state index in [1.165, 1.54) is 4.90 Å². The Hall–Kier alpha value is -3.17. The van der Waals surface area contributed by atoms with Crippen molar-refractivity contribution in [3.8, 4) is 0 Å². The van der Waals surface area contributed by atoms with Gasteiger partial charge < -0.3 is 10.2 Å². The van der Waals surface area contributed by atoms with E-state index >= 15 is 0 Å². The maximum Gasteiger partial charge on any atom is 0.244 e. The number of hydrogen-bond acceptors (Lipinski definition) is 4. The van der Waals surface area contributed by atoms with Gasteiger partial charge in [-0.1, -0.05) is 76.6 Å². The third-order valence-electron chi connectivity index (χ3n) is 6.08. The number of anilines is 1. The van der Waals surface area contributed by atoms with Crippen LogP contribution in [0.1, 0.15) is 30.5 Å². The second kappa shape index (κ2) is 13.1. The lowest BCUT2D eigenvalue weighted by atomic mass is 10.0. The van der Waals surface area contributed by atoms with Gasteiger partial charge in [0.1, 0.15) is 12.6 Å². The molecule has 0 aliphatic carbocycles. The van der Waals surface area contributed by atoms with Gasteiger partial charge in [-0.2, -0.15) is 0 Å². The molecular weight excluding hydrogens is 566 g/mol. The molecular formula is C29H34BrN3O4S. The summed E-state index contributed by atoms with van der Waals surface area (Å²) in [5.41, 5.74) is 3.10. The number of amides is 2. The minimum atomic E-state index is -3.80. The van der Waals surface area contributed by atoms with Gasteiger partial charge >= 0.3 is 0 Å². The zero-order valence-corrected chi connectivity index (χ0v) is 24.5. The van der Waals surface area contributed by atoms with Crippen molar-refractivity contribution in [2.75, 3.05) is 17.1 Å². The Bertz CT molecular complexity index is 1360. The zero-order chi connectivity index (χ0) is 27.9. The van der Waals surface area contributed by atoms with Gasteiger partial charge in [0.15, 0.2) is 0 Å². The van der Waals surface area contributed by atoms with Crippen LogP contribution >= 0.6 is 15.9 Å². The molecule has 1 N–H and O–H groups in total. The minimum Gasteiger partial charge on any atom is -0.352 e. The molecule has 1 atom stereocenters. The summed E-state index contributed by atoms with van der Waals surface area (Å²) in [5.74, 6) is -0.766. The molecule has 0 radical (unpaired) electrons. The average molecular weight is 601 g/mol. The van der Waals surface area contributed by atoms with E-state index in [0.717, 1.165) is 27.3 Å². The van der Waals surface area contributed by atoms with E-state index in [2.05, 4.69) is 21.2 Å². The number of aryl methyl sites for hydroxylation is 1. The van der Waals surface area contributed by atoms with Crippen LogP contribution in [0.3, 0.4) is 0 Å². The molecule has 1 unspecified atom stereocenters. The summed E-state index contributed by atoms with van der Waals surface area (Å²) in [6.07, 6.45) is 1.35. The quantitative estimate of drug-likeness (QED) is 0.346. The van der Waals surface area contributed by atoms with Gasteiger partial charge in [-0.05, 0) is 55.7 Å². The van der Waals surface area contributed by atoms with Crippen LogP contribution in [-0.2, 0) is 32.6 Å². The van der Waals surface area contributed by atoms with E-state index in [-0.39, 0.29) is 24.9 Å². The molecule has 202 valence electrons. The smallest absolute Gasteiger partial charge is 0.244 e. The van der Waals surface area contributed by atoms with Crippen molar-refractivity contribution in [1.29, 1.82) is 0 Å². The molecule has 3 aromatic carbocycles. The highest BCUT2D eigenvalue weighted by Crippen LogP contribution is 2.24. The van der Waals surface area contributed by atoms with Crippen LogP contribution in [0.15, 0.2) is 83.3 Å². The lowest BCUT2D eigenvalue weighted by Crippen LogP contribution is -2.54. The first-order valence-electron chi connectivity index (χ1n) is 12.4. The lowest BCUT2D eigenvalue weighted by Gasteiger charge is -2.34. The largest absolute Gasteiger partial charge is 0.352 e. The first-order valence-corrected chi connectivity index (χ1v) is 15.0. The second-order valence-corrected chi connectivity index (χ2v) is 12.4. The standard InChI is InChI=1S/C29H34BrN3O4S/c1-21(2)31-29(35)27(17-23-12-6-5-7-13-23)32(19-24-14-9-8-11-22(24)3)28(34)20-33(38(4,36)37)26-16-10-15-25(30)18-26/h5-16,18,21,27H,17,19-20H2,1-4H3,(H,31,35). The van der Waals surface area contributed by atoms with Crippen LogP contribution in [0.5, 0.6) is 0 Å². The highest BCUT2D eigenvalue weighted by atomic mass is 79.9. The van der Waals surface area contributed by atoms with Crippen LogP contribution in [-0.4, -0.2) is 50.0 Å². The summed E-state index contributed by atoms with van der Waals surface area (Å²) in [6.45, 7) is 5.39. The second-order valence-electron chi connectivity index (χ2n) is 9.57. The molecule has 38 heavy (non-hydrogen) atoms. The SMILES string of the molecule is Cc1ccccc1CN(C(=O)CN(c1cccc(Br)c1)S(C)(=O)=O)C(Cc1ccccc1)C(=O)NC(C)C. The molecule has 0 bridgehead atoms. The van der Waals surface area contributed by atoms with Gasteiger partial charge in [-0.25, -0.2) is 8.42 Å². The molecule has 9 heteroatoms. The number of carbonyl (C=O) groups is 2. The van der Waals surface area contributed by atoms with E-state index in [4.69, 9.17) is 0 Å². The maximum absolute atomic E-state index is 14.0. The minimum absolute atomic E-state index is 0.134. The first-order chi connectivity index (χ1) is 18.0. The monoisotopic (exact) mass is 599 g/mol. The number of sulfonamides is 1. The van der Waals surface area contributed by atoms with Crippen LogP contribution in [0.2, 0.25) is 0 Å². The van der Waals surface area contributed by atoms with E-state index in [1.807, 2.05) is 75.4 Å². The fraction of sp³-hybridized carbons (Fsp3) is 0.310. The summed E-state index contributed by atoms with van der Waals surface area (Å²) in [5, 5.41) is 2.95. The fourth-order valence-corrected chi connectivity index (χ4v) is 5.38. The molecule has 0 heterocycles. The van der Waals surface area contributed by atoms with Gasteiger partial charge in [0.2, 0.25) is 21.8 Å². The Labute approximate surface area is 234 Å². The van der Waals surface area contributed by atoms with E-state index in [9.17, 15) is 18.0 Å². The molecule has 0 aliphatic heterocycles. The molecule has 0 aliphatic rings. The van der Waals surface area contributed by atoms with Crippen molar-refractivity contribution >= 4 is 43.5 Å². The number of benzene rings is 3. The Kier molecular flexibility index (Phi) is 10.1. The van der Waals surface area contributed by atoms with Crippen LogP contribution < -0.4 is 9.62 Å². The molecule has 7 nitrogen and oxygen atoms in total. The predicted octanol–water partition coefficient (Wildman–Crippen LogP) is 4.69. The number of hydrogen-bond donors (Lipinski definition) is 1.